The van der Waals surface area contributed by atoms with E-state index in [0.29, 0.717) is 0 Å². The predicted octanol–water partition coefficient (Wildman–Crippen LogP) is 8.74. The van der Waals surface area contributed by atoms with Gasteiger partial charge in [-0.3, -0.25) is 4.98 Å². The quantitative estimate of drug-likeness (QED) is 0.237. The van der Waals surface area contributed by atoms with Gasteiger partial charge in [-0.25, -0.2) is 4.68 Å². The number of rotatable bonds is 4. The van der Waals surface area contributed by atoms with E-state index in [2.05, 4.69) is 130 Å². The van der Waals surface area contributed by atoms with E-state index in [9.17, 15) is 0 Å². The molecule has 3 heterocycles. The van der Waals surface area contributed by atoms with Crippen LogP contribution in [0.2, 0.25) is 0 Å². The van der Waals surface area contributed by atoms with Crippen LogP contribution in [0, 0.1) is 10.8 Å². The van der Waals surface area contributed by atoms with Gasteiger partial charge in [0.25, 0.3) is 0 Å². The van der Waals surface area contributed by atoms with Gasteiger partial charge in [0.15, 0.2) is 0 Å². The number of pyridine rings is 1. The molecule has 0 saturated carbocycles. The molecule has 0 aliphatic carbocycles. The van der Waals surface area contributed by atoms with Crippen molar-refractivity contribution in [2.75, 3.05) is 0 Å². The first-order valence-electron chi connectivity index (χ1n) is 13.7. The van der Waals surface area contributed by atoms with Crippen molar-refractivity contribution in [2.24, 2.45) is 10.8 Å². The molecule has 6 aromatic rings. The Morgan fingerprint density at radius 3 is 2.03 bits per heavy atom. The molecule has 39 heavy (non-hydrogen) atoms. The molecule has 0 spiro atoms. The van der Waals surface area contributed by atoms with Gasteiger partial charge < -0.3 is 4.57 Å². The largest absolute Gasteiger partial charge is 0.309 e. The van der Waals surface area contributed by atoms with Gasteiger partial charge in [-0.15, -0.1) is 0 Å². The highest BCUT2D eigenvalue weighted by Crippen LogP contribution is 2.57. The lowest BCUT2D eigenvalue weighted by atomic mass is 9.49. The Hall–Kier alpha value is -4.18. The van der Waals surface area contributed by atoms with E-state index in [4.69, 9.17) is 4.98 Å². The normalized spacial score (nSPS) is 12.9. The molecule has 4 heteroatoms. The summed E-state index contributed by atoms with van der Waals surface area (Å²) in [6.07, 6.45) is 5.73. The van der Waals surface area contributed by atoms with Gasteiger partial charge in [0, 0.05) is 40.5 Å². The van der Waals surface area contributed by atoms with Gasteiger partial charge in [-0.1, -0.05) is 84.0 Å². The summed E-state index contributed by atoms with van der Waals surface area (Å²) >= 11 is 0. The Balaban J connectivity index is 1.67. The third-order valence-electron chi connectivity index (χ3n) is 8.26. The van der Waals surface area contributed by atoms with Gasteiger partial charge in [-0.2, -0.15) is 5.10 Å². The van der Waals surface area contributed by atoms with Crippen LogP contribution in [0.4, 0.5) is 0 Å². The van der Waals surface area contributed by atoms with Crippen LogP contribution < -0.4 is 0 Å². The van der Waals surface area contributed by atoms with Gasteiger partial charge in [0.05, 0.1) is 22.4 Å². The highest BCUT2D eigenvalue weighted by atomic mass is 15.3. The molecule has 0 unspecified atom stereocenters. The summed E-state index contributed by atoms with van der Waals surface area (Å²) in [5.74, 6) is 0. The van der Waals surface area contributed by atoms with E-state index in [1.807, 2.05) is 35.4 Å². The van der Waals surface area contributed by atoms with Crippen LogP contribution >= 0.6 is 0 Å². The maximum Gasteiger partial charge on any atom is 0.0666 e. The molecule has 0 N–H and O–H groups in total. The second kappa shape index (κ2) is 8.94. The van der Waals surface area contributed by atoms with E-state index < -0.39 is 0 Å². The molecule has 3 aromatic carbocycles. The zero-order valence-corrected chi connectivity index (χ0v) is 23.7. The van der Waals surface area contributed by atoms with Crippen LogP contribution in [0.5, 0.6) is 0 Å². The molecule has 0 aliphatic rings. The molecule has 0 aliphatic heterocycles. The average molecular weight is 513 g/mol. The fourth-order valence-electron chi connectivity index (χ4n) is 7.17. The Bertz CT molecular complexity index is 1750. The summed E-state index contributed by atoms with van der Waals surface area (Å²) in [7, 11) is 0. The second-order valence-corrected chi connectivity index (χ2v) is 12.5. The van der Waals surface area contributed by atoms with Crippen molar-refractivity contribution < 1.29 is 0 Å². The van der Waals surface area contributed by atoms with Gasteiger partial charge in [-0.05, 0) is 64.9 Å². The van der Waals surface area contributed by atoms with Crippen LogP contribution in [0.3, 0.4) is 0 Å². The smallest absolute Gasteiger partial charge is 0.0666 e. The van der Waals surface area contributed by atoms with Crippen molar-refractivity contribution in [3.8, 4) is 11.4 Å². The van der Waals surface area contributed by atoms with Crippen LogP contribution in [-0.4, -0.2) is 19.3 Å². The first kappa shape index (κ1) is 25.1. The fraction of sp³-hybridized carbons (Fsp3) is 0.257. The lowest BCUT2D eigenvalue weighted by molar-refractivity contribution is 0.0865. The Morgan fingerprint density at radius 1 is 0.590 bits per heavy atom. The first-order valence-corrected chi connectivity index (χ1v) is 13.7. The summed E-state index contributed by atoms with van der Waals surface area (Å²) < 4.78 is 4.32. The van der Waals surface area contributed by atoms with Gasteiger partial charge >= 0.3 is 0 Å². The monoisotopic (exact) mass is 512 g/mol. The van der Waals surface area contributed by atoms with Gasteiger partial charge in [0.1, 0.15) is 0 Å². The Labute approximate surface area is 230 Å². The molecule has 0 amide bonds. The molecular weight excluding hydrogens is 476 g/mol. The van der Waals surface area contributed by atoms with Crippen LogP contribution in [0.25, 0.3) is 33.2 Å². The first-order chi connectivity index (χ1) is 18.6. The van der Waals surface area contributed by atoms with Crippen molar-refractivity contribution in [3.05, 3.63) is 121 Å². The van der Waals surface area contributed by atoms with Crippen molar-refractivity contribution in [1.29, 1.82) is 0 Å². The third-order valence-corrected chi connectivity index (χ3v) is 8.26. The molecule has 196 valence electrons. The minimum atomic E-state index is -0.337. The molecule has 0 atom stereocenters. The summed E-state index contributed by atoms with van der Waals surface area (Å²) in [5.41, 5.74) is 6.37. The lowest BCUT2D eigenvalue weighted by Gasteiger charge is -2.54. The van der Waals surface area contributed by atoms with E-state index in [1.54, 1.807) is 0 Å². The topological polar surface area (TPSA) is 35.6 Å². The van der Waals surface area contributed by atoms with E-state index in [1.165, 1.54) is 21.9 Å². The summed E-state index contributed by atoms with van der Waals surface area (Å²) in [6.45, 7) is 14.1. The maximum atomic E-state index is 4.98. The van der Waals surface area contributed by atoms with Crippen molar-refractivity contribution in [3.63, 3.8) is 0 Å². The second-order valence-electron chi connectivity index (χ2n) is 12.5. The van der Waals surface area contributed by atoms with Gasteiger partial charge in [0.2, 0.25) is 0 Å². The average Bonchev–Trinajstić information content (AvgIpc) is 3.55. The number of aromatic nitrogens is 4. The molecule has 0 bridgehead atoms. The number of nitrogens with zero attached hydrogens (tertiary/aromatic N) is 4. The van der Waals surface area contributed by atoms with Crippen molar-refractivity contribution in [1.82, 2.24) is 19.3 Å². The van der Waals surface area contributed by atoms with Crippen molar-refractivity contribution in [2.45, 2.75) is 47.0 Å². The summed E-state index contributed by atoms with van der Waals surface area (Å²) in [6, 6.07) is 32.7. The molecular formula is C35H36N4. The van der Waals surface area contributed by atoms with Crippen LogP contribution in [0.15, 0.2) is 110 Å². The molecule has 3 aromatic heterocycles. The molecule has 0 radical (unpaired) electrons. The fourth-order valence-corrected chi connectivity index (χ4v) is 7.17. The molecule has 4 nitrogen and oxygen atoms in total. The Kier molecular flexibility index (Phi) is 5.76. The lowest BCUT2D eigenvalue weighted by Crippen LogP contribution is -2.51. The number of hydrogen-bond donors (Lipinski definition) is 0. The van der Waals surface area contributed by atoms with E-state index >= 15 is 0 Å². The van der Waals surface area contributed by atoms with Crippen LogP contribution in [0.1, 0.15) is 52.8 Å². The summed E-state index contributed by atoms with van der Waals surface area (Å²) in [5, 5.41) is 6.96. The standard InChI is InChI=1S/C35H36N4/c1-33(2,3)35(34(4,5)6,32-17-9-10-20-36-32)25-13-11-14-27(23-25)39-30-16-8-7-15-28(30)29-19-18-26(24-31(29)39)38-22-12-21-37-38/h7-24H,1-6H3. The third kappa shape index (κ3) is 3.81. The molecule has 0 saturated heterocycles. The predicted molar refractivity (Wildman–Crippen MR) is 162 cm³/mol. The minimum absolute atomic E-state index is 0.105. The van der Waals surface area contributed by atoms with Crippen molar-refractivity contribution >= 4 is 21.8 Å². The maximum absolute atomic E-state index is 4.98. The molecule has 6 rings (SSSR count). The SMILES string of the molecule is CC(C)(C)C(c1cccc(-n2c3ccccc3c3ccc(-n4cccn4)cc32)c1)(c1ccccn1)C(C)(C)C. The summed E-state index contributed by atoms with van der Waals surface area (Å²) in [4.78, 5) is 4.98. The zero-order chi connectivity index (χ0) is 27.4. The number of hydrogen-bond acceptors (Lipinski definition) is 2. The Morgan fingerprint density at radius 2 is 1.33 bits per heavy atom. The van der Waals surface area contributed by atoms with E-state index in [-0.39, 0.29) is 16.2 Å². The van der Waals surface area contributed by atoms with E-state index in [0.717, 1.165) is 22.6 Å². The highest BCUT2D eigenvalue weighted by molar-refractivity contribution is 6.09. The number of benzene rings is 3. The molecule has 0 fully saturated rings. The zero-order valence-electron chi connectivity index (χ0n) is 23.7. The number of para-hydroxylation sites is 1. The number of fused-ring (bicyclic) bond motifs is 3. The highest BCUT2D eigenvalue weighted by Gasteiger charge is 2.54. The van der Waals surface area contributed by atoms with Crippen LogP contribution in [-0.2, 0) is 5.41 Å². The minimum Gasteiger partial charge on any atom is -0.309 e.